The average molecular weight is 653 g/mol. The van der Waals surface area contributed by atoms with Crippen LogP contribution in [0.2, 0.25) is 0 Å². The molecule has 0 fully saturated rings. The highest BCUT2D eigenvalue weighted by Gasteiger charge is 2.17. The van der Waals surface area contributed by atoms with Gasteiger partial charge in [-0.3, -0.25) is 9.59 Å². The van der Waals surface area contributed by atoms with Crippen molar-refractivity contribution in [3.63, 3.8) is 0 Å². The molecule has 0 radical (unpaired) electrons. The van der Waals surface area contributed by atoms with E-state index in [0.717, 1.165) is 45.1 Å². The van der Waals surface area contributed by atoms with E-state index in [9.17, 15) is 9.59 Å². The second-order valence-electron chi connectivity index (χ2n) is 12.4. The van der Waals surface area contributed by atoms with Gasteiger partial charge < -0.3 is 34.6 Å². The number of aromatic nitrogens is 1. The number of pyridine rings is 1. The van der Waals surface area contributed by atoms with Crippen molar-refractivity contribution in [1.82, 2.24) is 10.6 Å². The van der Waals surface area contributed by atoms with Gasteiger partial charge in [0.15, 0.2) is 0 Å². The molecule has 260 valence electrons. The quantitative estimate of drug-likeness (QED) is 0.0813. The molecule has 10 heteroatoms. The maximum atomic E-state index is 12.4. The van der Waals surface area contributed by atoms with Gasteiger partial charge in [-0.15, -0.1) is 0 Å². The van der Waals surface area contributed by atoms with Gasteiger partial charge in [-0.25, -0.2) is 0 Å². The number of hydrogen-bond acceptors (Lipinski definition) is 7. The summed E-state index contributed by atoms with van der Waals surface area (Å²) in [6, 6.07) is 15.6. The van der Waals surface area contributed by atoms with E-state index in [2.05, 4.69) is 95.7 Å². The van der Waals surface area contributed by atoms with E-state index in [1.54, 1.807) is 0 Å². The highest BCUT2D eigenvalue weighted by molar-refractivity contribution is 5.91. The summed E-state index contributed by atoms with van der Waals surface area (Å²) in [7, 11) is 8.30. The molecule has 0 spiro atoms. The van der Waals surface area contributed by atoms with Crippen LogP contribution in [0.25, 0.3) is 21.8 Å². The number of hydrogen-bond donors (Lipinski definition) is 2. The minimum atomic E-state index is 0.101. The molecule has 3 rings (SSSR count). The summed E-state index contributed by atoms with van der Waals surface area (Å²) in [6.07, 6.45) is 6.43. The second-order valence-corrected chi connectivity index (χ2v) is 12.4. The molecule has 1 heterocycles. The minimum absolute atomic E-state index is 0.101. The number of benzene rings is 2. The van der Waals surface area contributed by atoms with Gasteiger partial charge in [0.1, 0.15) is 6.54 Å². The first-order valence-electron chi connectivity index (χ1n) is 17.3. The Morgan fingerprint density at radius 3 is 1.60 bits per heavy atom. The molecule has 3 aromatic rings. The fourth-order valence-corrected chi connectivity index (χ4v) is 5.35. The van der Waals surface area contributed by atoms with Crippen LogP contribution in [0, 0.1) is 0 Å². The number of carbonyl (C=O) groups is 2. The Morgan fingerprint density at radius 1 is 0.617 bits per heavy atom. The van der Waals surface area contributed by atoms with Gasteiger partial charge in [-0.05, 0) is 62.4 Å². The molecule has 0 atom stereocenters. The minimum Gasteiger partial charge on any atom is -0.379 e. The molecule has 0 unspecified atom stereocenters. The normalized spacial score (nSPS) is 11.3. The Hall–Kier alpha value is -3.47. The summed E-state index contributed by atoms with van der Waals surface area (Å²) in [4.78, 5) is 28.1. The number of ether oxygens (including phenoxy) is 3. The first-order valence-corrected chi connectivity index (χ1v) is 17.3. The van der Waals surface area contributed by atoms with Crippen molar-refractivity contribution in [2.24, 2.45) is 0 Å². The monoisotopic (exact) mass is 652 g/mol. The fraction of sp³-hybridized carbons (Fsp3) is 0.595. The zero-order chi connectivity index (χ0) is 33.9. The molecule has 2 amide bonds. The van der Waals surface area contributed by atoms with E-state index in [-0.39, 0.29) is 11.8 Å². The molecule has 2 N–H and O–H groups in total. The van der Waals surface area contributed by atoms with Crippen LogP contribution in [0.1, 0.15) is 58.3 Å². The van der Waals surface area contributed by atoms with Gasteiger partial charge in [0.05, 0.1) is 26.4 Å². The molecular formula is C37H58N5O5+. The Balaban J connectivity index is 1.26. The maximum absolute atomic E-state index is 12.4. The van der Waals surface area contributed by atoms with Crippen LogP contribution in [0.3, 0.4) is 0 Å². The second kappa shape index (κ2) is 21.4. The average Bonchev–Trinajstić information content (AvgIpc) is 3.05. The molecule has 47 heavy (non-hydrogen) atoms. The van der Waals surface area contributed by atoms with Crippen LogP contribution < -0.4 is 25.0 Å². The summed E-state index contributed by atoms with van der Waals surface area (Å²) >= 11 is 0. The number of nitrogens with zero attached hydrogens (tertiary/aromatic N) is 3. The molecular weight excluding hydrogens is 594 g/mol. The lowest BCUT2D eigenvalue weighted by atomic mass is 10.1. The van der Waals surface area contributed by atoms with Crippen LogP contribution in [-0.2, 0) is 30.3 Å². The van der Waals surface area contributed by atoms with E-state index >= 15 is 0 Å². The molecule has 0 aliphatic rings. The van der Waals surface area contributed by atoms with E-state index < -0.39 is 0 Å². The Kier molecular flexibility index (Phi) is 17.3. The van der Waals surface area contributed by atoms with E-state index in [4.69, 9.17) is 14.2 Å². The van der Waals surface area contributed by atoms with Gasteiger partial charge in [-0.1, -0.05) is 6.92 Å². The third kappa shape index (κ3) is 13.7. The van der Waals surface area contributed by atoms with Crippen molar-refractivity contribution in [1.29, 1.82) is 0 Å². The first kappa shape index (κ1) is 38.0. The van der Waals surface area contributed by atoms with Gasteiger partial charge >= 0.3 is 0 Å². The molecule has 0 aliphatic carbocycles. The van der Waals surface area contributed by atoms with Crippen LogP contribution in [0.4, 0.5) is 11.4 Å². The van der Waals surface area contributed by atoms with Crippen molar-refractivity contribution in [3.05, 3.63) is 42.5 Å². The number of fused-ring (bicyclic) bond motifs is 2. The summed E-state index contributed by atoms with van der Waals surface area (Å²) in [5.41, 5.74) is 4.84. The summed E-state index contributed by atoms with van der Waals surface area (Å²) < 4.78 is 19.1. The lowest BCUT2D eigenvalue weighted by Crippen LogP contribution is -2.36. The van der Waals surface area contributed by atoms with Crippen LogP contribution in [0.5, 0.6) is 0 Å². The van der Waals surface area contributed by atoms with Crippen LogP contribution >= 0.6 is 0 Å². The lowest BCUT2D eigenvalue weighted by molar-refractivity contribution is -0.645. The number of carbonyl (C=O) groups excluding carboxylic acids is 2. The number of amides is 2. The number of unbranched alkanes of at least 4 members (excludes halogenated alkanes) is 2. The van der Waals surface area contributed by atoms with Crippen LogP contribution in [0.15, 0.2) is 42.5 Å². The van der Waals surface area contributed by atoms with Gasteiger partial charge in [0.25, 0.3) is 0 Å². The number of anilines is 2. The highest BCUT2D eigenvalue weighted by atomic mass is 16.5. The van der Waals surface area contributed by atoms with E-state index in [1.807, 2.05) is 6.92 Å². The summed E-state index contributed by atoms with van der Waals surface area (Å²) in [5.74, 6) is 0.204. The van der Waals surface area contributed by atoms with Crippen LogP contribution in [-0.4, -0.2) is 92.7 Å². The Bertz CT molecular complexity index is 1310. The van der Waals surface area contributed by atoms with Crippen molar-refractivity contribution in [2.75, 3.05) is 90.7 Å². The molecule has 1 aromatic heterocycles. The first-order chi connectivity index (χ1) is 22.8. The summed E-state index contributed by atoms with van der Waals surface area (Å²) in [6.45, 7) is 7.44. The third-order valence-corrected chi connectivity index (χ3v) is 8.04. The molecule has 0 aliphatic heterocycles. The SMILES string of the molecule is CCCC(=O)NCCCOCCOCCOCCCNC(=O)CCCCC[n+]1c2cc(N(C)C)ccc2cc2ccc(N(C)C)cc21. The largest absolute Gasteiger partial charge is 0.379 e. The van der Waals surface area contributed by atoms with Crippen molar-refractivity contribution < 1.29 is 28.4 Å². The zero-order valence-electron chi connectivity index (χ0n) is 29.4. The van der Waals surface area contributed by atoms with E-state index in [0.29, 0.717) is 65.6 Å². The molecule has 0 saturated carbocycles. The van der Waals surface area contributed by atoms with Crippen molar-refractivity contribution >= 4 is 45.0 Å². The molecule has 0 bridgehead atoms. The maximum Gasteiger partial charge on any atom is 0.219 e. The molecule has 0 saturated heterocycles. The van der Waals surface area contributed by atoms with Crippen molar-refractivity contribution in [3.8, 4) is 0 Å². The standard InChI is InChI=1S/C37H57N5O5/c1-6-12-36(43)38-18-10-21-45-23-25-47-26-24-46-22-11-19-39-37(44)13-8-7-9-20-42-34-28-32(40(2)3)16-14-30(34)27-31-15-17-33(41(4)5)29-35(31)42/h14-17,27-29H,6-13,18-26H2,1-5H3,(H-,38,39,43,44)/p+1. The van der Waals surface area contributed by atoms with Gasteiger partial charge in [0.2, 0.25) is 22.8 Å². The van der Waals surface area contributed by atoms with Gasteiger partial charge in [-0.2, -0.15) is 4.57 Å². The summed E-state index contributed by atoms with van der Waals surface area (Å²) in [5, 5.41) is 8.36. The highest BCUT2D eigenvalue weighted by Crippen LogP contribution is 2.25. The predicted molar refractivity (Wildman–Crippen MR) is 191 cm³/mol. The fourth-order valence-electron chi connectivity index (χ4n) is 5.35. The lowest BCUT2D eigenvalue weighted by Gasteiger charge is -2.15. The topological polar surface area (TPSA) is 96.2 Å². The molecule has 10 nitrogen and oxygen atoms in total. The smallest absolute Gasteiger partial charge is 0.219 e. The third-order valence-electron chi connectivity index (χ3n) is 8.04. The van der Waals surface area contributed by atoms with Gasteiger partial charge in [0, 0.05) is 108 Å². The number of nitrogens with one attached hydrogen (secondary N) is 2. The number of rotatable bonds is 24. The Morgan fingerprint density at radius 2 is 1.11 bits per heavy atom. The number of aryl methyl sites for hydroxylation is 1. The zero-order valence-corrected chi connectivity index (χ0v) is 29.4. The predicted octanol–water partition coefficient (Wildman–Crippen LogP) is 4.84. The van der Waals surface area contributed by atoms with E-state index in [1.165, 1.54) is 33.2 Å². The molecule has 2 aromatic carbocycles. The Labute approximate surface area is 281 Å². The van der Waals surface area contributed by atoms with Crippen molar-refractivity contribution in [2.45, 2.75) is 64.8 Å².